The van der Waals surface area contributed by atoms with Crippen LogP contribution < -0.4 is 0 Å². The number of carbonyl (C=O) groups excluding carboxylic acids is 1. The number of likely N-dealkylation sites (N-methyl/N-ethyl adjacent to an activating group) is 1. The van der Waals surface area contributed by atoms with Gasteiger partial charge in [0.1, 0.15) is 19.5 Å². The van der Waals surface area contributed by atoms with Crippen molar-refractivity contribution in [1.29, 1.82) is 0 Å². The molecule has 0 bridgehead atoms. The Morgan fingerprint density at radius 3 is 2.83 bits per heavy atom. The molecule has 0 N–H and O–H groups in total. The molecule has 2 rings (SSSR count). The normalized spacial score (nSPS) is 14.2. The Morgan fingerprint density at radius 1 is 1.39 bits per heavy atom. The molecule has 18 heavy (non-hydrogen) atoms. The van der Waals surface area contributed by atoms with E-state index in [0.29, 0.717) is 24.8 Å². The van der Waals surface area contributed by atoms with Crippen molar-refractivity contribution in [2.45, 2.75) is 6.54 Å². The molecule has 5 heteroatoms. The first-order chi connectivity index (χ1) is 8.68. The monoisotopic (exact) mass is 267 g/mol. The summed E-state index contributed by atoms with van der Waals surface area (Å²) in [4.78, 5) is 13.6. The summed E-state index contributed by atoms with van der Waals surface area (Å²) in [5, 5.41) is 0.645. The Hall–Kier alpha value is -1.68. The van der Waals surface area contributed by atoms with Crippen molar-refractivity contribution >= 4 is 17.5 Å². The lowest BCUT2D eigenvalue weighted by Crippen LogP contribution is -2.30. The summed E-state index contributed by atoms with van der Waals surface area (Å²) >= 11 is 6.05. The number of benzene rings is 1. The van der Waals surface area contributed by atoms with Crippen LogP contribution in [0, 0.1) is 0 Å². The topological polar surface area (TPSA) is 38.8 Å². The van der Waals surface area contributed by atoms with Gasteiger partial charge in [-0.3, -0.25) is 4.79 Å². The van der Waals surface area contributed by atoms with Gasteiger partial charge < -0.3 is 14.4 Å². The van der Waals surface area contributed by atoms with Gasteiger partial charge in [0, 0.05) is 18.6 Å². The Kier molecular flexibility index (Phi) is 4.10. The Morgan fingerprint density at radius 2 is 2.17 bits per heavy atom. The van der Waals surface area contributed by atoms with Crippen LogP contribution in [0.1, 0.15) is 5.56 Å². The minimum absolute atomic E-state index is 0.213. The van der Waals surface area contributed by atoms with Gasteiger partial charge in [-0.2, -0.15) is 0 Å². The maximum Gasteiger partial charge on any atom is 0.292 e. The van der Waals surface area contributed by atoms with Crippen LogP contribution in [0.3, 0.4) is 0 Å². The van der Waals surface area contributed by atoms with Gasteiger partial charge in [0.2, 0.25) is 5.76 Å². The third kappa shape index (κ3) is 2.96. The van der Waals surface area contributed by atoms with Gasteiger partial charge >= 0.3 is 0 Å². The van der Waals surface area contributed by atoms with Gasteiger partial charge in [-0.05, 0) is 11.6 Å². The van der Waals surface area contributed by atoms with Gasteiger partial charge in [-0.15, -0.1) is 0 Å². The third-order valence-corrected chi connectivity index (χ3v) is 2.94. The Bertz CT molecular complexity index is 473. The highest BCUT2D eigenvalue weighted by molar-refractivity contribution is 6.31. The number of ether oxygens (including phenoxy) is 2. The number of carbonyl (C=O) groups is 1. The van der Waals surface area contributed by atoms with Crippen molar-refractivity contribution in [2.24, 2.45) is 0 Å². The average Bonchev–Trinajstić information content (AvgIpc) is 2.41. The van der Waals surface area contributed by atoms with Crippen LogP contribution in [0.15, 0.2) is 36.3 Å². The summed E-state index contributed by atoms with van der Waals surface area (Å²) in [6, 6.07) is 7.43. The lowest BCUT2D eigenvalue weighted by Gasteiger charge is -2.21. The van der Waals surface area contributed by atoms with Gasteiger partial charge in [-0.1, -0.05) is 29.8 Å². The first kappa shape index (κ1) is 12.8. The minimum Gasteiger partial charge on any atom is -0.494 e. The van der Waals surface area contributed by atoms with Crippen LogP contribution in [-0.4, -0.2) is 31.1 Å². The van der Waals surface area contributed by atoms with Crippen LogP contribution in [0.5, 0.6) is 0 Å². The highest BCUT2D eigenvalue weighted by Crippen LogP contribution is 2.17. The van der Waals surface area contributed by atoms with Crippen molar-refractivity contribution in [3.63, 3.8) is 0 Å². The SMILES string of the molecule is CN(Cc1ccccc1Cl)C(=O)C1=COCCO1. The maximum absolute atomic E-state index is 12.0. The molecule has 0 unspecified atom stereocenters. The quantitative estimate of drug-likeness (QED) is 0.843. The fraction of sp³-hybridized carbons (Fsp3) is 0.308. The Balaban J connectivity index is 2.03. The maximum atomic E-state index is 12.0. The largest absolute Gasteiger partial charge is 0.494 e. The molecule has 0 aromatic heterocycles. The summed E-state index contributed by atoms with van der Waals surface area (Å²) in [5.41, 5.74) is 0.896. The smallest absolute Gasteiger partial charge is 0.292 e. The summed E-state index contributed by atoms with van der Waals surface area (Å²) in [7, 11) is 1.70. The fourth-order valence-corrected chi connectivity index (χ4v) is 1.82. The second-order valence-corrected chi connectivity index (χ2v) is 4.36. The predicted octanol–water partition coefficient (Wildman–Crippen LogP) is 2.19. The first-order valence-electron chi connectivity index (χ1n) is 5.62. The number of nitrogens with zero attached hydrogens (tertiary/aromatic N) is 1. The van der Waals surface area contributed by atoms with Crippen molar-refractivity contribution in [3.05, 3.63) is 46.9 Å². The number of hydrogen-bond donors (Lipinski definition) is 0. The molecule has 1 heterocycles. The van der Waals surface area contributed by atoms with E-state index in [1.807, 2.05) is 18.2 Å². The zero-order chi connectivity index (χ0) is 13.0. The van der Waals surface area contributed by atoms with Crippen molar-refractivity contribution in [3.8, 4) is 0 Å². The van der Waals surface area contributed by atoms with E-state index >= 15 is 0 Å². The predicted molar refractivity (Wildman–Crippen MR) is 67.9 cm³/mol. The van der Waals surface area contributed by atoms with E-state index in [9.17, 15) is 4.79 Å². The van der Waals surface area contributed by atoms with E-state index < -0.39 is 0 Å². The number of halogens is 1. The highest BCUT2D eigenvalue weighted by Gasteiger charge is 2.19. The molecule has 0 saturated carbocycles. The summed E-state index contributed by atoms with van der Waals surface area (Å²) < 4.78 is 10.3. The molecule has 0 fully saturated rings. The van der Waals surface area contributed by atoms with Gasteiger partial charge in [-0.25, -0.2) is 0 Å². The van der Waals surface area contributed by atoms with E-state index in [1.165, 1.54) is 6.26 Å². The van der Waals surface area contributed by atoms with E-state index in [1.54, 1.807) is 18.0 Å². The zero-order valence-corrected chi connectivity index (χ0v) is 10.8. The van der Waals surface area contributed by atoms with Gasteiger partial charge in [0.25, 0.3) is 5.91 Å². The zero-order valence-electron chi connectivity index (χ0n) is 10.1. The summed E-state index contributed by atoms with van der Waals surface area (Å²) in [6.45, 7) is 1.31. The molecule has 1 aromatic rings. The molecular weight excluding hydrogens is 254 g/mol. The molecular formula is C13H14ClNO3. The van der Waals surface area contributed by atoms with E-state index in [-0.39, 0.29) is 11.7 Å². The fourth-order valence-electron chi connectivity index (χ4n) is 1.62. The third-order valence-electron chi connectivity index (χ3n) is 2.57. The van der Waals surface area contributed by atoms with E-state index in [4.69, 9.17) is 21.1 Å². The van der Waals surface area contributed by atoms with Crippen molar-refractivity contribution < 1.29 is 14.3 Å². The van der Waals surface area contributed by atoms with Crippen LogP contribution in [-0.2, 0) is 20.8 Å². The molecule has 0 saturated heterocycles. The molecule has 1 aromatic carbocycles. The molecule has 4 nitrogen and oxygen atoms in total. The first-order valence-corrected chi connectivity index (χ1v) is 5.99. The standard InChI is InChI=1S/C13H14ClNO3/c1-15(8-10-4-2-3-5-11(10)14)13(16)12-9-17-6-7-18-12/h2-5,9H,6-8H2,1H3. The second-order valence-electron chi connectivity index (χ2n) is 3.95. The second kappa shape index (κ2) is 5.78. The van der Waals surface area contributed by atoms with Crippen molar-refractivity contribution in [2.75, 3.05) is 20.3 Å². The lowest BCUT2D eigenvalue weighted by atomic mass is 10.2. The number of amides is 1. The number of rotatable bonds is 3. The minimum atomic E-state index is -0.213. The molecule has 96 valence electrons. The van der Waals surface area contributed by atoms with Crippen LogP contribution in [0.25, 0.3) is 0 Å². The molecule has 0 radical (unpaired) electrons. The molecule has 0 aliphatic carbocycles. The summed E-state index contributed by atoms with van der Waals surface area (Å²) in [5.74, 6) is 0.0189. The number of hydrogen-bond acceptors (Lipinski definition) is 3. The molecule has 1 amide bonds. The highest BCUT2D eigenvalue weighted by atomic mass is 35.5. The molecule has 1 aliphatic rings. The summed E-state index contributed by atoms with van der Waals surface area (Å²) in [6.07, 6.45) is 1.36. The van der Waals surface area contributed by atoms with Crippen LogP contribution >= 0.6 is 11.6 Å². The molecule has 0 spiro atoms. The van der Waals surface area contributed by atoms with Crippen LogP contribution in [0.2, 0.25) is 5.02 Å². The van der Waals surface area contributed by atoms with Crippen LogP contribution in [0.4, 0.5) is 0 Å². The molecule has 0 atom stereocenters. The lowest BCUT2D eigenvalue weighted by molar-refractivity contribution is -0.131. The van der Waals surface area contributed by atoms with E-state index in [2.05, 4.69) is 0 Å². The molecule has 1 aliphatic heterocycles. The van der Waals surface area contributed by atoms with E-state index in [0.717, 1.165) is 5.56 Å². The van der Waals surface area contributed by atoms with Gasteiger partial charge in [0.15, 0.2) is 0 Å². The van der Waals surface area contributed by atoms with Gasteiger partial charge in [0.05, 0.1) is 0 Å². The average molecular weight is 268 g/mol. The Labute approximate surface area is 111 Å². The van der Waals surface area contributed by atoms with Crippen molar-refractivity contribution in [1.82, 2.24) is 4.90 Å².